The Morgan fingerprint density at radius 1 is 1.72 bits per heavy atom. The monoisotopic (exact) mass is 248 g/mol. The number of amides is 1. The van der Waals surface area contributed by atoms with Gasteiger partial charge in [0.15, 0.2) is 0 Å². The fourth-order valence-electron chi connectivity index (χ4n) is 2.01. The second-order valence-electron chi connectivity index (χ2n) is 4.98. The van der Waals surface area contributed by atoms with Gasteiger partial charge in [0.05, 0.1) is 18.9 Å². The van der Waals surface area contributed by atoms with Crippen LogP contribution in [0.4, 0.5) is 0 Å². The third-order valence-electron chi connectivity index (χ3n) is 3.50. The molecule has 0 aliphatic heterocycles. The summed E-state index contributed by atoms with van der Waals surface area (Å²) in [5, 5.41) is 21.8. The third-order valence-corrected chi connectivity index (χ3v) is 3.50. The molecule has 0 aromatic carbocycles. The van der Waals surface area contributed by atoms with E-state index < -0.39 is 11.0 Å². The molecule has 5 heteroatoms. The highest BCUT2D eigenvalue weighted by atomic mass is 16.4. The summed E-state index contributed by atoms with van der Waals surface area (Å²) in [4.78, 5) is 11.9. The van der Waals surface area contributed by atoms with Crippen molar-refractivity contribution in [2.45, 2.75) is 31.8 Å². The molecule has 1 aliphatic carbocycles. The molecule has 1 heterocycles. The van der Waals surface area contributed by atoms with Gasteiger partial charge in [-0.25, -0.2) is 0 Å². The number of furan rings is 1. The van der Waals surface area contributed by atoms with Crippen molar-refractivity contribution in [1.29, 1.82) is 5.26 Å². The average Bonchev–Trinajstić information content (AvgIpc) is 2.80. The Hall–Kier alpha value is -1.80. The lowest BCUT2D eigenvalue weighted by Crippen LogP contribution is -2.48. The molecule has 1 unspecified atom stereocenters. The van der Waals surface area contributed by atoms with E-state index in [0.717, 1.165) is 6.42 Å². The molecule has 0 spiro atoms. The number of nitrogens with zero attached hydrogens (tertiary/aromatic N) is 1. The predicted molar refractivity (Wildman–Crippen MR) is 63.2 cm³/mol. The van der Waals surface area contributed by atoms with Gasteiger partial charge in [0.2, 0.25) is 5.91 Å². The minimum atomic E-state index is -1.26. The van der Waals surface area contributed by atoms with E-state index >= 15 is 0 Å². The first-order valence-electron chi connectivity index (χ1n) is 5.96. The van der Waals surface area contributed by atoms with Gasteiger partial charge in [-0.1, -0.05) is 0 Å². The molecule has 96 valence electrons. The number of rotatable bonds is 4. The molecular weight excluding hydrogens is 232 g/mol. The van der Waals surface area contributed by atoms with E-state index in [1.165, 1.54) is 6.26 Å². The summed E-state index contributed by atoms with van der Waals surface area (Å²) in [6.45, 7) is 1.59. The van der Waals surface area contributed by atoms with Crippen LogP contribution in [-0.2, 0) is 10.4 Å². The van der Waals surface area contributed by atoms with Crippen LogP contribution in [0, 0.1) is 16.7 Å². The predicted octanol–water partition coefficient (Wildman–Crippen LogP) is 1.30. The summed E-state index contributed by atoms with van der Waals surface area (Å²) in [5.41, 5.74) is -2.15. The molecule has 1 aromatic rings. The van der Waals surface area contributed by atoms with Gasteiger partial charge in [-0.3, -0.25) is 4.79 Å². The molecule has 18 heavy (non-hydrogen) atoms. The van der Waals surface area contributed by atoms with Crippen LogP contribution in [0.5, 0.6) is 0 Å². The second kappa shape index (κ2) is 4.46. The van der Waals surface area contributed by atoms with E-state index in [1.807, 2.05) is 0 Å². The van der Waals surface area contributed by atoms with Gasteiger partial charge in [0.1, 0.15) is 16.8 Å². The molecule has 1 saturated carbocycles. The Labute approximate surface area is 105 Å². The maximum absolute atomic E-state index is 11.9. The van der Waals surface area contributed by atoms with Gasteiger partial charge in [0, 0.05) is 0 Å². The first-order valence-corrected chi connectivity index (χ1v) is 5.96. The Balaban J connectivity index is 1.96. The standard InChI is InChI=1S/C13H16N2O3/c1-12(17,10-4-2-7-18-10)9-15-11(16)13(8-14)5-3-6-13/h2,4,7,17H,3,5-6,9H2,1H3,(H,15,16). The highest BCUT2D eigenvalue weighted by Crippen LogP contribution is 2.40. The summed E-state index contributed by atoms with van der Waals surface area (Å²) in [6, 6.07) is 5.39. The second-order valence-corrected chi connectivity index (χ2v) is 4.98. The maximum atomic E-state index is 11.9. The topological polar surface area (TPSA) is 86.3 Å². The van der Waals surface area contributed by atoms with E-state index in [2.05, 4.69) is 11.4 Å². The molecule has 1 aliphatic rings. The van der Waals surface area contributed by atoms with Crippen LogP contribution >= 0.6 is 0 Å². The minimum absolute atomic E-state index is 0.0305. The summed E-state index contributed by atoms with van der Waals surface area (Å²) < 4.78 is 5.12. The molecule has 1 amide bonds. The van der Waals surface area contributed by atoms with Crippen LogP contribution < -0.4 is 5.32 Å². The Morgan fingerprint density at radius 2 is 2.44 bits per heavy atom. The van der Waals surface area contributed by atoms with E-state index in [4.69, 9.17) is 9.68 Å². The Morgan fingerprint density at radius 3 is 2.89 bits per heavy atom. The molecule has 0 bridgehead atoms. The number of hydrogen-bond donors (Lipinski definition) is 2. The zero-order chi connectivity index (χ0) is 13.2. The maximum Gasteiger partial charge on any atom is 0.240 e. The van der Waals surface area contributed by atoms with Crippen LogP contribution in [0.25, 0.3) is 0 Å². The lowest BCUT2D eigenvalue weighted by atomic mass is 9.69. The molecule has 2 N–H and O–H groups in total. The minimum Gasteiger partial charge on any atom is -0.466 e. The smallest absolute Gasteiger partial charge is 0.240 e. The summed E-state index contributed by atoms with van der Waals surface area (Å²) in [5.74, 6) is 0.0884. The summed E-state index contributed by atoms with van der Waals surface area (Å²) in [7, 11) is 0. The molecule has 1 aromatic heterocycles. The fraction of sp³-hybridized carbons (Fsp3) is 0.538. The molecule has 2 rings (SSSR count). The zero-order valence-corrected chi connectivity index (χ0v) is 10.3. The third kappa shape index (κ3) is 2.12. The molecule has 1 atom stereocenters. The number of nitrogens with one attached hydrogen (secondary N) is 1. The van der Waals surface area contributed by atoms with Crippen LogP contribution in [0.1, 0.15) is 31.9 Å². The van der Waals surface area contributed by atoms with Crippen LogP contribution in [0.15, 0.2) is 22.8 Å². The average molecular weight is 248 g/mol. The quantitative estimate of drug-likeness (QED) is 0.840. The SMILES string of the molecule is CC(O)(CNC(=O)C1(C#N)CCC1)c1ccco1. The van der Waals surface area contributed by atoms with E-state index in [1.54, 1.807) is 19.1 Å². The van der Waals surface area contributed by atoms with Gasteiger partial charge in [0.25, 0.3) is 0 Å². The van der Waals surface area contributed by atoms with Crippen LogP contribution in [-0.4, -0.2) is 17.6 Å². The first kappa shape index (κ1) is 12.7. The number of carbonyl (C=O) groups is 1. The highest BCUT2D eigenvalue weighted by molar-refractivity contribution is 5.86. The molecule has 1 fully saturated rings. The molecular formula is C13H16N2O3. The van der Waals surface area contributed by atoms with Crippen molar-refractivity contribution in [3.05, 3.63) is 24.2 Å². The van der Waals surface area contributed by atoms with E-state index in [-0.39, 0.29) is 12.5 Å². The van der Waals surface area contributed by atoms with Crippen molar-refractivity contribution < 1.29 is 14.3 Å². The Kier molecular flexibility index (Phi) is 3.14. The van der Waals surface area contributed by atoms with Crippen LogP contribution in [0.3, 0.4) is 0 Å². The lowest BCUT2D eigenvalue weighted by Gasteiger charge is -2.34. The van der Waals surface area contributed by atoms with Crippen molar-refractivity contribution in [2.24, 2.45) is 5.41 Å². The number of aliphatic hydroxyl groups is 1. The van der Waals surface area contributed by atoms with Gasteiger partial charge < -0.3 is 14.8 Å². The van der Waals surface area contributed by atoms with Gasteiger partial charge in [-0.05, 0) is 38.3 Å². The van der Waals surface area contributed by atoms with Crippen LogP contribution in [0.2, 0.25) is 0 Å². The van der Waals surface area contributed by atoms with Crippen molar-refractivity contribution in [3.8, 4) is 6.07 Å². The number of hydrogen-bond acceptors (Lipinski definition) is 4. The summed E-state index contributed by atoms with van der Waals surface area (Å²) in [6.07, 6.45) is 3.56. The van der Waals surface area contributed by atoms with Gasteiger partial charge in [-0.2, -0.15) is 5.26 Å². The van der Waals surface area contributed by atoms with Gasteiger partial charge in [-0.15, -0.1) is 0 Å². The first-order chi connectivity index (χ1) is 8.50. The van der Waals surface area contributed by atoms with E-state index in [0.29, 0.717) is 18.6 Å². The lowest BCUT2D eigenvalue weighted by molar-refractivity contribution is -0.133. The van der Waals surface area contributed by atoms with E-state index in [9.17, 15) is 9.90 Å². The zero-order valence-electron chi connectivity index (χ0n) is 10.3. The largest absolute Gasteiger partial charge is 0.466 e. The van der Waals surface area contributed by atoms with Gasteiger partial charge >= 0.3 is 0 Å². The van der Waals surface area contributed by atoms with Crippen molar-refractivity contribution in [3.63, 3.8) is 0 Å². The van der Waals surface area contributed by atoms with Crippen molar-refractivity contribution >= 4 is 5.91 Å². The normalized spacial score (nSPS) is 20.3. The highest BCUT2D eigenvalue weighted by Gasteiger charge is 2.45. The van der Waals surface area contributed by atoms with Crippen molar-refractivity contribution in [2.75, 3.05) is 6.54 Å². The van der Waals surface area contributed by atoms with Crippen molar-refractivity contribution in [1.82, 2.24) is 5.32 Å². The number of carbonyl (C=O) groups excluding carboxylic acids is 1. The molecule has 0 saturated heterocycles. The summed E-state index contributed by atoms with van der Waals surface area (Å²) >= 11 is 0. The molecule has 0 radical (unpaired) electrons. The molecule has 5 nitrogen and oxygen atoms in total. The Bertz CT molecular complexity index is 467. The number of nitriles is 1. The fourth-order valence-corrected chi connectivity index (χ4v) is 2.01.